The van der Waals surface area contributed by atoms with Crippen molar-refractivity contribution in [3.8, 4) is 0 Å². The zero-order chi connectivity index (χ0) is 30.6. The van der Waals surface area contributed by atoms with Crippen LogP contribution in [0.3, 0.4) is 0 Å². The van der Waals surface area contributed by atoms with E-state index in [9.17, 15) is 9.59 Å². The summed E-state index contributed by atoms with van der Waals surface area (Å²) in [7, 11) is 0. The Kier molecular flexibility index (Phi) is 11.5. The molecule has 0 saturated carbocycles. The first kappa shape index (κ1) is 31.6. The van der Waals surface area contributed by atoms with E-state index in [0.29, 0.717) is 19.6 Å². The van der Waals surface area contributed by atoms with Crippen molar-refractivity contribution in [2.45, 2.75) is 64.8 Å². The maximum Gasteiger partial charge on any atom is 0.322 e. The summed E-state index contributed by atoms with van der Waals surface area (Å²) in [5, 5.41) is 6.35. The summed E-state index contributed by atoms with van der Waals surface area (Å²) in [6, 6.07) is 36.8. The Morgan fingerprint density at radius 1 is 0.674 bits per heavy atom. The van der Waals surface area contributed by atoms with Gasteiger partial charge >= 0.3 is 6.03 Å². The lowest BCUT2D eigenvalue weighted by Crippen LogP contribution is -2.38. The molecule has 4 aromatic carbocycles. The quantitative estimate of drug-likeness (QED) is 0.168. The number of rotatable bonds is 13. The number of carbonyl (C=O) groups excluding carboxylic acids is 2. The minimum atomic E-state index is -0.195. The molecule has 0 unspecified atom stereocenters. The van der Waals surface area contributed by atoms with E-state index in [1.54, 1.807) is 4.90 Å². The largest absolute Gasteiger partial charge is 0.356 e. The van der Waals surface area contributed by atoms with Crippen LogP contribution in [0.5, 0.6) is 0 Å². The number of amides is 3. The molecule has 4 rings (SSSR count). The number of para-hydroxylation sites is 1. The summed E-state index contributed by atoms with van der Waals surface area (Å²) in [5.74, 6) is 0.659. The van der Waals surface area contributed by atoms with Crippen LogP contribution < -0.4 is 10.6 Å². The van der Waals surface area contributed by atoms with Crippen molar-refractivity contribution >= 4 is 17.6 Å². The fraction of sp³-hybridized carbons (Fsp3) is 0.316. The third-order valence-corrected chi connectivity index (χ3v) is 7.88. The SMILES string of the molecule is CC(C)c1cccc(C(C)C)c1NC(=O)N(CCC(=O)NCCC(c1ccccc1)c1ccccc1)Cc1ccccc1. The van der Waals surface area contributed by atoms with Gasteiger partial charge in [-0.3, -0.25) is 4.79 Å². The summed E-state index contributed by atoms with van der Waals surface area (Å²) < 4.78 is 0. The topological polar surface area (TPSA) is 61.4 Å². The monoisotopic (exact) mass is 575 g/mol. The zero-order valence-electron chi connectivity index (χ0n) is 25.9. The maximum absolute atomic E-state index is 13.8. The molecule has 0 aliphatic rings. The summed E-state index contributed by atoms with van der Waals surface area (Å²) in [5.41, 5.74) is 6.60. The van der Waals surface area contributed by atoms with Crippen molar-refractivity contribution in [3.05, 3.63) is 137 Å². The number of nitrogens with zero attached hydrogens (tertiary/aromatic N) is 1. The number of hydrogen-bond donors (Lipinski definition) is 2. The zero-order valence-corrected chi connectivity index (χ0v) is 25.9. The van der Waals surface area contributed by atoms with E-state index < -0.39 is 0 Å². The van der Waals surface area contributed by atoms with Gasteiger partial charge in [-0.05, 0) is 46.1 Å². The molecule has 0 radical (unpaired) electrons. The predicted molar refractivity (Wildman–Crippen MR) is 177 cm³/mol. The summed E-state index contributed by atoms with van der Waals surface area (Å²) in [4.78, 5) is 28.6. The first-order valence-corrected chi connectivity index (χ1v) is 15.4. The van der Waals surface area contributed by atoms with Crippen LogP contribution >= 0.6 is 0 Å². The predicted octanol–water partition coefficient (Wildman–Crippen LogP) is 8.70. The van der Waals surface area contributed by atoms with Gasteiger partial charge in [0.2, 0.25) is 5.91 Å². The Bertz CT molecular complexity index is 1370. The third-order valence-electron chi connectivity index (χ3n) is 7.88. The van der Waals surface area contributed by atoms with Crippen LogP contribution in [-0.2, 0) is 11.3 Å². The fourth-order valence-corrected chi connectivity index (χ4v) is 5.51. The lowest BCUT2D eigenvalue weighted by Gasteiger charge is -2.26. The van der Waals surface area contributed by atoms with E-state index in [2.05, 4.69) is 105 Å². The van der Waals surface area contributed by atoms with E-state index in [4.69, 9.17) is 0 Å². The van der Waals surface area contributed by atoms with Crippen molar-refractivity contribution in [1.82, 2.24) is 10.2 Å². The number of carbonyl (C=O) groups is 2. The van der Waals surface area contributed by atoms with Gasteiger partial charge in [0.05, 0.1) is 0 Å². The fourth-order valence-electron chi connectivity index (χ4n) is 5.51. The number of urea groups is 1. The number of benzene rings is 4. The van der Waals surface area contributed by atoms with Crippen LogP contribution in [-0.4, -0.2) is 29.9 Å². The summed E-state index contributed by atoms with van der Waals surface area (Å²) in [6.07, 6.45) is 1.02. The molecule has 0 aromatic heterocycles. The van der Waals surface area contributed by atoms with Crippen LogP contribution in [0.2, 0.25) is 0 Å². The Morgan fingerprint density at radius 2 is 1.19 bits per heavy atom. The minimum Gasteiger partial charge on any atom is -0.356 e. The molecule has 224 valence electrons. The minimum absolute atomic E-state index is 0.0591. The highest BCUT2D eigenvalue weighted by Crippen LogP contribution is 2.33. The molecule has 3 amide bonds. The second-order valence-corrected chi connectivity index (χ2v) is 11.7. The highest BCUT2D eigenvalue weighted by atomic mass is 16.2. The molecule has 5 nitrogen and oxygen atoms in total. The Balaban J connectivity index is 1.43. The van der Waals surface area contributed by atoms with Gasteiger partial charge < -0.3 is 15.5 Å². The van der Waals surface area contributed by atoms with Gasteiger partial charge in [0, 0.05) is 37.7 Å². The molecular formula is C38H45N3O2. The second-order valence-electron chi connectivity index (χ2n) is 11.7. The lowest BCUT2D eigenvalue weighted by atomic mass is 9.88. The van der Waals surface area contributed by atoms with Crippen molar-refractivity contribution < 1.29 is 9.59 Å². The van der Waals surface area contributed by atoms with Gasteiger partial charge in [0.15, 0.2) is 0 Å². The molecule has 5 heteroatoms. The first-order chi connectivity index (χ1) is 20.8. The van der Waals surface area contributed by atoms with E-state index in [0.717, 1.165) is 28.8 Å². The van der Waals surface area contributed by atoms with Crippen molar-refractivity contribution in [3.63, 3.8) is 0 Å². The molecule has 43 heavy (non-hydrogen) atoms. The van der Waals surface area contributed by atoms with Crippen LogP contribution in [0.1, 0.15) is 86.1 Å². The molecule has 4 aromatic rings. The molecule has 0 bridgehead atoms. The van der Waals surface area contributed by atoms with E-state index >= 15 is 0 Å². The normalized spacial score (nSPS) is 11.1. The molecule has 2 N–H and O–H groups in total. The first-order valence-electron chi connectivity index (χ1n) is 15.4. The van der Waals surface area contributed by atoms with E-state index in [1.165, 1.54) is 11.1 Å². The molecule has 0 saturated heterocycles. The number of anilines is 1. The van der Waals surface area contributed by atoms with Gasteiger partial charge in [-0.1, -0.05) is 137 Å². The van der Waals surface area contributed by atoms with Crippen molar-refractivity contribution in [2.75, 3.05) is 18.4 Å². The van der Waals surface area contributed by atoms with E-state index in [1.807, 2.05) is 42.5 Å². The summed E-state index contributed by atoms with van der Waals surface area (Å²) >= 11 is 0. The van der Waals surface area contributed by atoms with Crippen LogP contribution in [0.15, 0.2) is 109 Å². The average Bonchev–Trinajstić information content (AvgIpc) is 3.02. The third kappa shape index (κ3) is 9.05. The van der Waals surface area contributed by atoms with Gasteiger partial charge in [0.1, 0.15) is 0 Å². The molecule has 0 aliphatic heterocycles. The molecule has 0 atom stereocenters. The summed E-state index contributed by atoms with van der Waals surface area (Å²) in [6.45, 7) is 9.85. The smallest absolute Gasteiger partial charge is 0.322 e. The standard InChI is InChI=1S/C38H45N3O2/c1-28(2)33-21-14-22-34(29(3)4)37(33)40-38(43)41(27-30-15-8-5-9-16-30)26-24-36(42)39-25-23-35(31-17-10-6-11-18-31)32-19-12-7-13-20-32/h5-22,28-29,35H,23-27H2,1-4H3,(H,39,42)(H,40,43). The Morgan fingerprint density at radius 3 is 1.70 bits per heavy atom. The van der Waals surface area contributed by atoms with Crippen molar-refractivity contribution in [1.29, 1.82) is 0 Å². The van der Waals surface area contributed by atoms with E-state index in [-0.39, 0.29) is 36.1 Å². The van der Waals surface area contributed by atoms with Crippen LogP contribution in [0.4, 0.5) is 10.5 Å². The molecule has 0 aliphatic carbocycles. The van der Waals surface area contributed by atoms with Gasteiger partial charge in [-0.2, -0.15) is 0 Å². The molecular weight excluding hydrogens is 530 g/mol. The highest BCUT2D eigenvalue weighted by molar-refractivity contribution is 5.91. The second kappa shape index (κ2) is 15.7. The highest BCUT2D eigenvalue weighted by Gasteiger charge is 2.21. The molecule has 0 heterocycles. The number of nitrogens with one attached hydrogen (secondary N) is 2. The molecule has 0 spiro atoms. The lowest BCUT2D eigenvalue weighted by molar-refractivity contribution is -0.121. The Labute approximate surface area is 257 Å². The molecule has 0 fully saturated rings. The number of hydrogen-bond acceptors (Lipinski definition) is 2. The van der Waals surface area contributed by atoms with Crippen LogP contribution in [0.25, 0.3) is 0 Å². The van der Waals surface area contributed by atoms with Crippen molar-refractivity contribution in [2.24, 2.45) is 0 Å². The maximum atomic E-state index is 13.8. The van der Waals surface area contributed by atoms with Gasteiger partial charge in [-0.25, -0.2) is 4.79 Å². The Hall–Kier alpha value is -4.38. The van der Waals surface area contributed by atoms with Gasteiger partial charge in [0.25, 0.3) is 0 Å². The average molecular weight is 576 g/mol. The van der Waals surface area contributed by atoms with Crippen LogP contribution in [0, 0.1) is 0 Å². The van der Waals surface area contributed by atoms with Gasteiger partial charge in [-0.15, -0.1) is 0 Å².